The van der Waals surface area contributed by atoms with E-state index < -0.39 is 5.97 Å². The number of aromatic nitrogens is 1. The second-order valence-corrected chi connectivity index (χ2v) is 5.29. The van der Waals surface area contributed by atoms with Crippen LogP contribution >= 0.6 is 0 Å². The molecule has 1 aliphatic rings. The van der Waals surface area contributed by atoms with Gasteiger partial charge >= 0.3 is 5.97 Å². The zero-order valence-electron chi connectivity index (χ0n) is 10.9. The van der Waals surface area contributed by atoms with E-state index in [2.05, 4.69) is 10.3 Å². The van der Waals surface area contributed by atoms with Crippen molar-refractivity contribution >= 4 is 22.6 Å². The normalized spacial score (nSPS) is 22.0. The van der Waals surface area contributed by atoms with E-state index in [1.54, 1.807) is 6.07 Å². The summed E-state index contributed by atoms with van der Waals surface area (Å²) < 4.78 is 0. The summed E-state index contributed by atoms with van der Waals surface area (Å²) in [6.07, 6.45) is 2.10. The average Bonchev–Trinajstić information content (AvgIpc) is 2.87. The molecule has 1 heterocycles. The highest BCUT2D eigenvalue weighted by Gasteiger charge is 2.29. The Kier molecular flexibility index (Phi) is 3.18. The number of aliphatic carboxylic acids is 1. The Labute approximate surface area is 115 Å². The molecule has 20 heavy (non-hydrogen) atoms. The molecule has 1 fully saturated rings. The third kappa shape index (κ3) is 2.39. The lowest BCUT2D eigenvalue weighted by atomic mass is 10.1. The van der Waals surface area contributed by atoms with Crippen molar-refractivity contribution in [1.29, 1.82) is 0 Å². The number of fused-ring (bicyclic) bond motifs is 1. The molecule has 0 saturated heterocycles. The maximum absolute atomic E-state index is 12.0. The molecule has 0 aliphatic heterocycles. The van der Waals surface area contributed by atoms with Crippen molar-refractivity contribution in [3.05, 3.63) is 40.7 Å². The van der Waals surface area contributed by atoms with Gasteiger partial charge in [0.05, 0.1) is 5.92 Å². The van der Waals surface area contributed by atoms with Crippen LogP contribution in [0, 0.1) is 5.92 Å². The minimum Gasteiger partial charge on any atom is -0.481 e. The lowest BCUT2D eigenvalue weighted by Crippen LogP contribution is -2.20. The van der Waals surface area contributed by atoms with E-state index in [0.717, 1.165) is 11.8 Å². The first kappa shape index (κ1) is 12.7. The third-order valence-corrected chi connectivity index (χ3v) is 3.89. The van der Waals surface area contributed by atoms with Gasteiger partial charge in [-0.1, -0.05) is 18.2 Å². The van der Waals surface area contributed by atoms with E-state index in [1.165, 1.54) is 0 Å². The van der Waals surface area contributed by atoms with Gasteiger partial charge in [0.25, 0.3) is 5.56 Å². The summed E-state index contributed by atoms with van der Waals surface area (Å²) in [5, 5.41) is 13.8. The van der Waals surface area contributed by atoms with Gasteiger partial charge in [-0.15, -0.1) is 0 Å². The van der Waals surface area contributed by atoms with Crippen LogP contribution in [-0.4, -0.2) is 22.1 Å². The molecule has 2 aromatic rings. The lowest BCUT2D eigenvalue weighted by Gasteiger charge is -2.14. The first-order valence-electron chi connectivity index (χ1n) is 6.75. The van der Waals surface area contributed by atoms with E-state index in [9.17, 15) is 9.59 Å². The molecule has 5 heteroatoms. The van der Waals surface area contributed by atoms with Gasteiger partial charge in [0.15, 0.2) is 0 Å². The molecule has 2 unspecified atom stereocenters. The summed E-state index contributed by atoms with van der Waals surface area (Å²) in [5.74, 6) is -0.356. The van der Waals surface area contributed by atoms with Crippen molar-refractivity contribution in [2.24, 2.45) is 5.92 Å². The van der Waals surface area contributed by atoms with Crippen LogP contribution in [0.2, 0.25) is 0 Å². The molecule has 5 nitrogen and oxygen atoms in total. The van der Waals surface area contributed by atoms with Gasteiger partial charge in [-0.3, -0.25) is 9.59 Å². The van der Waals surface area contributed by atoms with Crippen LogP contribution in [0.4, 0.5) is 5.82 Å². The second-order valence-electron chi connectivity index (χ2n) is 5.29. The SMILES string of the molecule is O=C(O)C1CCC(Nc2cc3ccccc3c(=O)[nH]2)C1. The number of H-pyrrole nitrogens is 1. The number of pyridine rings is 1. The van der Waals surface area contributed by atoms with Crippen molar-refractivity contribution in [3.8, 4) is 0 Å². The Morgan fingerprint density at radius 2 is 2.10 bits per heavy atom. The van der Waals surface area contributed by atoms with E-state index in [-0.39, 0.29) is 17.5 Å². The van der Waals surface area contributed by atoms with Gasteiger partial charge in [0.1, 0.15) is 5.82 Å². The summed E-state index contributed by atoms with van der Waals surface area (Å²) in [4.78, 5) is 25.7. The molecule has 3 rings (SSSR count). The Bertz CT molecular complexity index is 708. The first-order chi connectivity index (χ1) is 9.63. The smallest absolute Gasteiger partial charge is 0.306 e. The molecule has 0 amide bonds. The zero-order chi connectivity index (χ0) is 14.1. The summed E-state index contributed by atoms with van der Waals surface area (Å²) >= 11 is 0. The topological polar surface area (TPSA) is 82.2 Å². The zero-order valence-corrected chi connectivity index (χ0v) is 10.9. The predicted molar refractivity (Wildman–Crippen MR) is 77.0 cm³/mol. The molecule has 1 saturated carbocycles. The molecule has 0 bridgehead atoms. The van der Waals surface area contributed by atoms with Gasteiger partial charge < -0.3 is 15.4 Å². The first-order valence-corrected chi connectivity index (χ1v) is 6.75. The van der Waals surface area contributed by atoms with Gasteiger partial charge in [0.2, 0.25) is 0 Å². The summed E-state index contributed by atoms with van der Waals surface area (Å²) in [6, 6.07) is 9.40. The van der Waals surface area contributed by atoms with Crippen molar-refractivity contribution in [1.82, 2.24) is 4.98 Å². The number of nitrogens with one attached hydrogen (secondary N) is 2. The molecular formula is C15H16N2O3. The number of hydrogen-bond donors (Lipinski definition) is 3. The summed E-state index contributed by atoms with van der Waals surface area (Å²) in [5.41, 5.74) is -0.126. The van der Waals surface area contributed by atoms with Crippen molar-refractivity contribution < 1.29 is 9.90 Å². The molecule has 0 spiro atoms. The van der Waals surface area contributed by atoms with Crippen LogP contribution < -0.4 is 10.9 Å². The largest absolute Gasteiger partial charge is 0.481 e. The van der Waals surface area contributed by atoms with Gasteiger partial charge in [-0.05, 0) is 36.8 Å². The number of carboxylic acid groups (broad SMARTS) is 1. The Hall–Kier alpha value is -2.30. The molecule has 1 aliphatic carbocycles. The van der Waals surface area contributed by atoms with Crippen LogP contribution in [0.1, 0.15) is 19.3 Å². The van der Waals surface area contributed by atoms with Crippen molar-refractivity contribution in [2.75, 3.05) is 5.32 Å². The van der Waals surface area contributed by atoms with Crippen LogP contribution in [-0.2, 0) is 4.79 Å². The Morgan fingerprint density at radius 3 is 2.85 bits per heavy atom. The number of carboxylic acids is 1. The fraction of sp³-hybridized carbons (Fsp3) is 0.333. The Balaban J connectivity index is 1.82. The van der Waals surface area contributed by atoms with Crippen LogP contribution in [0.3, 0.4) is 0 Å². The number of hydrogen-bond acceptors (Lipinski definition) is 3. The number of rotatable bonds is 3. The molecule has 2 atom stereocenters. The maximum atomic E-state index is 12.0. The van der Waals surface area contributed by atoms with Gasteiger partial charge in [-0.25, -0.2) is 0 Å². The molecule has 1 aromatic heterocycles. The van der Waals surface area contributed by atoms with Crippen molar-refractivity contribution in [2.45, 2.75) is 25.3 Å². The maximum Gasteiger partial charge on any atom is 0.306 e. The van der Waals surface area contributed by atoms with Gasteiger partial charge in [-0.2, -0.15) is 0 Å². The fourth-order valence-electron chi connectivity index (χ4n) is 2.85. The number of aromatic amines is 1. The standard InChI is InChI=1S/C15H16N2O3/c18-14-12-4-2-1-3-9(12)8-13(17-14)16-11-6-5-10(7-11)15(19)20/h1-4,8,10-11H,5-7H2,(H,19,20)(H2,16,17,18). The highest BCUT2D eigenvalue weighted by molar-refractivity contribution is 5.83. The summed E-state index contributed by atoms with van der Waals surface area (Å²) in [7, 11) is 0. The van der Waals surface area contributed by atoms with Crippen molar-refractivity contribution in [3.63, 3.8) is 0 Å². The number of anilines is 1. The molecule has 0 radical (unpaired) electrons. The molecule has 3 N–H and O–H groups in total. The lowest BCUT2D eigenvalue weighted by molar-refractivity contribution is -0.141. The van der Waals surface area contributed by atoms with Crippen LogP contribution in [0.5, 0.6) is 0 Å². The highest BCUT2D eigenvalue weighted by Crippen LogP contribution is 2.28. The van der Waals surface area contributed by atoms with E-state index >= 15 is 0 Å². The fourth-order valence-corrected chi connectivity index (χ4v) is 2.85. The number of benzene rings is 1. The highest BCUT2D eigenvalue weighted by atomic mass is 16.4. The van der Waals surface area contributed by atoms with E-state index in [0.29, 0.717) is 24.0 Å². The molecular weight excluding hydrogens is 256 g/mol. The monoisotopic (exact) mass is 272 g/mol. The van der Waals surface area contributed by atoms with E-state index in [1.807, 2.05) is 24.3 Å². The third-order valence-electron chi connectivity index (χ3n) is 3.89. The van der Waals surface area contributed by atoms with Crippen LogP contribution in [0.15, 0.2) is 35.1 Å². The second kappa shape index (κ2) is 5.00. The molecule has 104 valence electrons. The average molecular weight is 272 g/mol. The Morgan fingerprint density at radius 1 is 1.30 bits per heavy atom. The van der Waals surface area contributed by atoms with Crippen LogP contribution in [0.25, 0.3) is 10.8 Å². The number of carbonyl (C=O) groups is 1. The minimum absolute atomic E-state index is 0.105. The van der Waals surface area contributed by atoms with E-state index in [4.69, 9.17) is 5.11 Å². The summed E-state index contributed by atoms with van der Waals surface area (Å²) in [6.45, 7) is 0. The quantitative estimate of drug-likeness (QED) is 0.800. The minimum atomic E-state index is -0.735. The predicted octanol–water partition coefficient (Wildman–Crippen LogP) is 2.19. The molecule has 1 aromatic carbocycles. The van der Waals surface area contributed by atoms with Gasteiger partial charge in [0, 0.05) is 11.4 Å².